The van der Waals surface area contributed by atoms with E-state index in [4.69, 9.17) is 0 Å². The Bertz CT molecular complexity index is 1060. The third-order valence-corrected chi connectivity index (χ3v) is 5.40. The zero-order valence-corrected chi connectivity index (χ0v) is 15.2. The lowest BCUT2D eigenvalue weighted by atomic mass is 10.0. The van der Waals surface area contributed by atoms with Crippen LogP contribution in [0.4, 0.5) is 0 Å². The first-order chi connectivity index (χ1) is 12.7. The number of nitrogens with one attached hydrogen (secondary N) is 1. The van der Waals surface area contributed by atoms with E-state index >= 15 is 0 Å². The first kappa shape index (κ1) is 16.5. The second kappa shape index (κ2) is 7.10. The van der Waals surface area contributed by atoms with Gasteiger partial charge >= 0.3 is 0 Å². The number of carbonyl (C=O) groups excluding carboxylic acids is 1. The maximum atomic E-state index is 12.7. The fourth-order valence-electron chi connectivity index (χ4n) is 3.02. The summed E-state index contributed by atoms with van der Waals surface area (Å²) in [4.78, 5) is 17.0. The summed E-state index contributed by atoms with van der Waals surface area (Å²) in [5, 5.41) is 6.36. The van der Waals surface area contributed by atoms with E-state index in [0.717, 1.165) is 16.7 Å². The Kier molecular flexibility index (Phi) is 4.50. The lowest BCUT2D eigenvalue weighted by Crippen LogP contribution is -2.26. The molecule has 1 N–H and O–H groups in total. The van der Waals surface area contributed by atoms with Crippen molar-refractivity contribution < 1.29 is 4.79 Å². The Labute approximate surface area is 156 Å². The number of fused-ring (bicyclic) bond motifs is 1. The third-order valence-electron chi connectivity index (χ3n) is 4.44. The van der Waals surface area contributed by atoms with Gasteiger partial charge in [0.05, 0.1) is 11.6 Å². The molecular weight excluding hydrogens is 340 g/mol. The normalized spacial score (nSPS) is 12.0. The molecule has 0 unspecified atom stereocenters. The average molecular weight is 358 g/mol. The van der Waals surface area contributed by atoms with Crippen molar-refractivity contribution in [3.63, 3.8) is 0 Å². The highest BCUT2D eigenvalue weighted by Gasteiger charge is 2.13. The fraction of sp³-hybridized carbons (Fsp3) is 0.0909. The van der Waals surface area contributed by atoms with Gasteiger partial charge in [0, 0.05) is 33.6 Å². The summed E-state index contributed by atoms with van der Waals surface area (Å²) in [6.45, 7) is 1.98. The van der Waals surface area contributed by atoms with Gasteiger partial charge in [0.2, 0.25) is 0 Å². The highest BCUT2D eigenvalue weighted by molar-refractivity contribution is 7.17. The molecule has 4 aromatic rings. The number of amides is 1. The largest absolute Gasteiger partial charge is 0.345 e. The van der Waals surface area contributed by atoms with Crippen LogP contribution in [0.3, 0.4) is 0 Å². The van der Waals surface area contributed by atoms with Gasteiger partial charge < -0.3 is 5.32 Å². The van der Waals surface area contributed by atoms with Crippen LogP contribution < -0.4 is 5.32 Å². The zero-order chi connectivity index (χ0) is 17.9. The molecule has 0 aliphatic carbocycles. The fourth-order valence-corrected chi connectivity index (χ4v) is 3.99. The van der Waals surface area contributed by atoms with Gasteiger partial charge in [-0.25, -0.2) is 0 Å². The predicted octanol–water partition coefficient (Wildman–Crippen LogP) is 5.45. The van der Waals surface area contributed by atoms with Crippen LogP contribution in [0.2, 0.25) is 0 Å². The number of thiophene rings is 1. The van der Waals surface area contributed by atoms with Gasteiger partial charge in [-0.2, -0.15) is 0 Å². The molecule has 0 aliphatic heterocycles. The smallest absolute Gasteiger partial charge is 0.253 e. The van der Waals surface area contributed by atoms with Gasteiger partial charge in [-0.15, -0.1) is 11.3 Å². The molecule has 0 saturated heterocycles. The minimum Gasteiger partial charge on any atom is -0.345 e. The van der Waals surface area contributed by atoms with Crippen molar-refractivity contribution in [2.24, 2.45) is 0 Å². The van der Waals surface area contributed by atoms with Crippen LogP contribution >= 0.6 is 11.3 Å². The number of benzene rings is 2. The van der Waals surface area contributed by atoms with E-state index in [1.807, 2.05) is 61.7 Å². The Hall–Kier alpha value is -2.98. The molecule has 3 nitrogen and oxygen atoms in total. The first-order valence-corrected chi connectivity index (χ1v) is 9.38. The monoisotopic (exact) mass is 358 g/mol. The van der Waals surface area contributed by atoms with E-state index in [2.05, 4.69) is 27.8 Å². The van der Waals surface area contributed by atoms with Crippen molar-refractivity contribution >= 4 is 27.3 Å². The van der Waals surface area contributed by atoms with Gasteiger partial charge in [-0.3, -0.25) is 9.78 Å². The van der Waals surface area contributed by atoms with Crippen LogP contribution in [0.5, 0.6) is 0 Å². The van der Waals surface area contributed by atoms with E-state index in [1.165, 1.54) is 10.1 Å². The lowest BCUT2D eigenvalue weighted by molar-refractivity contribution is 0.0939. The quantitative estimate of drug-likeness (QED) is 0.527. The van der Waals surface area contributed by atoms with E-state index in [-0.39, 0.29) is 11.9 Å². The minimum absolute atomic E-state index is 0.0608. The minimum atomic E-state index is -0.116. The van der Waals surface area contributed by atoms with Crippen molar-refractivity contribution in [1.29, 1.82) is 0 Å². The van der Waals surface area contributed by atoms with Gasteiger partial charge in [-0.1, -0.05) is 48.5 Å². The summed E-state index contributed by atoms with van der Waals surface area (Å²) in [5.74, 6) is -0.116. The highest BCUT2D eigenvalue weighted by atomic mass is 32.1. The summed E-state index contributed by atoms with van der Waals surface area (Å²) in [6.07, 6.45) is 3.43. The molecule has 128 valence electrons. The molecule has 1 amide bonds. The van der Waals surface area contributed by atoms with E-state index in [1.54, 1.807) is 17.5 Å². The predicted molar refractivity (Wildman–Crippen MR) is 107 cm³/mol. The Morgan fingerprint density at radius 2 is 1.81 bits per heavy atom. The molecular formula is C22H18N2OS. The van der Waals surface area contributed by atoms with Gasteiger partial charge in [0.15, 0.2) is 0 Å². The average Bonchev–Trinajstić information content (AvgIpc) is 3.13. The molecule has 4 rings (SSSR count). The van der Waals surface area contributed by atoms with E-state index < -0.39 is 0 Å². The van der Waals surface area contributed by atoms with Gasteiger partial charge in [0.1, 0.15) is 0 Å². The van der Waals surface area contributed by atoms with Crippen LogP contribution in [-0.4, -0.2) is 10.9 Å². The molecule has 0 fully saturated rings. The maximum Gasteiger partial charge on any atom is 0.253 e. The molecule has 0 bridgehead atoms. The van der Waals surface area contributed by atoms with Crippen molar-refractivity contribution in [1.82, 2.24) is 10.3 Å². The SMILES string of the molecule is C[C@@H](NC(=O)c1cncc(-c2csc3ccccc23)c1)c1ccccc1. The van der Waals surface area contributed by atoms with Crippen LogP contribution in [-0.2, 0) is 0 Å². The number of rotatable bonds is 4. The first-order valence-electron chi connectivity index (χ1n) is 8.50. The zero-order valence-electron chi connectivity index (χ0n) is 14.3. The standard InChI is InChI=1S/C22H18N2OS/c1-15(16-7-3-2-4-8-16)24-22(25)18-11-17(12-23-13-18)20-14-26-21-10-6-5-9-19(20)21/h2-15H,1H3,(H,24,25)/t15-/m1/s1. The van der Waals surface area contributed by atoms with Crippen LogP contribution in [0.1, 0.15) is 28.9 Å². The Morgan fingerprint density at radius 3 is 2.65 bits per heavy atom. The topological polar surface area (TPSA) is 42.0 Å². The maximum absolute atomic E-state index is 12.7. The summed E-state index contributed by atoms with van der Waals surface area (Å²) < 4.78 is 1.23. The molecule has 0 spiro atoms. The molecule has 0 radical (unpaired) electrons. The molecule has 4 heteroatoms. The molecule has 0 aliphatic rings. The third kappa shape index (κ3) is 3.24. The van der Waals surface area contributed by atoms with Crippen LogP contribution in [0, 0.1) is 0 Å². The van der Waals surface area contributed by atoms with Crippen LogP contribution in [0.15, 0.2) is 78.4 Å². The summed E-state index contributed by atoms with van der Waals surface area (Å²) in [7, 11) is 0. The van der Waals surface area contributed by atoms with Crippen molar-refractivity contribution in [3.8, 4) is 11.1 Å². The second-order valence-corrected chi connectivity index (χ2v) is 7.12. The molecule has 26 heavy (non-hydrogen) atoms. The van der Waals surface area contributed by atoms with Gasteiger partial charge in [-0.05, 0) is 30.0 Å². The molecule has 2 heterocycles. The highest BCUT2D eigenvalue weighted by Crippen LogP contribution is 2.33. The second-order valence-electron chi connectivity index (χ2n) is 6.21. The summed E-state index contributed by atoms with van der Waals surface area (Å²) in [6, 6.07) is 20.1. The van der Waals surface area contributed by atoms with Gasteiger partial charge in [0.25, 0.3) is 5.91 Å². The number of nitrogens with zero attached hydrogens (tertiary/aromatic N) is 1. The summed E-state index contributed by atoms with van der Waals surface area (Å²) >= 11 is 1.70. The Balaban J connectivity index is 1.60. The molecule has 2 aromatic heterocycles. The number of pyridine rings is 1. The van der Waals surface area contributed by atoms with E-state index in [0.29, 0.717) is 5.56 Å². The summed E-state index contributed by atoms with van der Waals surface area (Å²) in [5.41, 5.74) is 3.72. The number of hydrogen-bond donors (Lipinski definition) is 1. The lowest BCUT2D eigenvalue weighted by Gasteiger charge is -2.14. The Morgan fingerprint density at radius 1 is 1.04 bits per heavy atom. The molecule has 2 aromatic carbocycles. The van der Waals surface area contributed by atoms with Crippen molar-refractivity contribution in [2.45, 2.75) is 13.0 Å². The molecule has 1 atom stereocenters. The van der Waals surface area contributed by atoms with E-state index in [9.17, 15) is 4.79 Å². The van der Waals surface area contributed by atoms with Crippen molar-refractivity contribution in [2.75, 3.05) is 0 Å². The number of hydrogen-bond acceptors (Lipinski definition) is 3. The van der Waals surface area contributed by atoms with Crippen molar-refractivity contribution in [3.05, 3.63) is 89.6 Å². The van der Waals surface area contributed by atoms with Crippen LogP contribution in [0.25, 0.3) is 21.2 Å². The number of aromatic nitrogens is 1. The molecule has 0 saturated carbocycles. The number of carbonyl (C=O) groups is 1.